The van der Waals surface area contributed by atoms with Crippen molar-refractivity contribution in [2.45, 2.75) is 0 Å². The van der Waals surface area contributed by atoms with Gasteiger partial charge in [-0.1, -0.05) is 78.3 Å². The van der Waals surface area contributed by atoms with Crippen LogP contribution in [-0.2, 0) is 0 Å². The highest BCUT2D eigenvalue weighted by molar-refractivity contribution is 7.21. The second-order valence-corrected chi connectivity index (χ2v) is 13.1. The minimum atomic E-state index is -2.80. The van der Waals surface area contributed by atoms with E-state index in [-0.39, 0.29) is 0 Å². The number of ether oxygens (including phenoxy) is 2. The molecule has 0 aliphatic carbocycles. The lowest BCUT2D eigenvalue weighted by atomic mass is 10.1. The standard InChI is InChI=1S/C30H17ClO3Si/c31-18-15-26-30-27(16-18)34-25-10-4-6-12-29(25)35(30,28-11-5-3-9-24(28)33-26)19-13-14-23-21(17-19)20-7-1-2-8-22(20)32-23/h1-17H. The van der Waals surface area contributed by atoms with Gasteiger partial charge in [-0.25, -0.2) is 0 Å². The lowest BCUT2D eigenvalue weighted by molar-refractivity contribution is 0.464. The predicted octanol–water partition coefficient (Wildman–Crippen LogP) is 5.83. The molecule has 0 bridgehead atoms. The molecule has 35 heavy (non-hydrogen) atoms. The van der Waals surface area contributed by atoms with E-state index in [1.54, 1.807) is 0 Å². The third-order valence-corrected chi connectivity index (χ3v) is 12.3. The Balaban J connectivity index is 1.58. The topological polar surface area (TPSA) is 31.6 Å². The van der Waals surface area contributed by atoms with Crippen molar-refractivity contribution < 1.29 is 13.9 Å². The normalized spacial score (nSPS) is 14.5. The van der Waals surface area contributed by atoms with Crippen molar-refractivity contribution >= 4 is 62.4 Å². The Morgan fingerprint density at radius 1 is 0.543 bits per heavy atom. The largest absolute Gasteiger partial charge is 0.457 e. The van der Waals surface area contributed by atoms with Crippen LogP contribution in [0, 0.1) is 0 Å². The van der Waals surface area contributed by atoms with Crippen molar-refractivity contribution in [3.05, 3.63) is 108 Å². The van der Waals surface area contributed by atoms with Gasteiger partial charge in [-0.15, -0.1) is 0 Å². The molecule has 3 nitrogen and oxygen atoms in total. The molecule has 2 aliphatic heterocycles. The van der Waals surface area contributed by atoms with Crippen LogP contribution in [0.2, 0.25) is 5.02 Å². The summed E-state index contributed by atoms with van der Waals surface area (Å²) in [5, 5.41) is 7.60. The average Bonchev–Trinajstić information content (AvgIpc) is 3.26. The van der Waals surface area contributed by atoms with Crippen LogP contribution in [0.3, 0.4) is 0 Å². The molecule has 166 valence electrons. The molecule has 2 aliphatic rings. The number of fused-ring (bicyclic) bond motifs is 7. The molecular formula is C30H17ClO3Si. The Hall–Kier alpha value is -3.99. The van der Waals surface area contributed by atoms with Crippen LogP contribution in [0.4, 0.5) is 0 Å². The molecule has 8 rings (SSSR count). The summed E-state index contributed by atoms with van der Waals surface area (Å²) < 4.78 is 19.1. The highest BCUT2D eigenvalue weighted by Gasteiger charge is 2.53. The molecule has 0 saturated heterocycles. The van der Waals surface area contributed by atoms with E-state index in [2.05, 4.69) is 66.7 Å². The zero-order valence-electron chi connectivity index (χ0n) is 18.4. The zero-order valence-corrected chi connectivity index (χ0v) is 20.2. The molecule has 0 saturated carbocycles. The van der Waals surface area contributed by atoms with Gasteiger partial charge in [0.25, 0.3) is 0 Å². The first-order valence-electron chi connectivity index (χ1n) is 11.5. The third-order valence-electron chi connectivity index (χ3n) is 7.24. The molecule has 0 fully saturated rings. The van der Waals surface area contributed by atoms with E-state index in [1.807, 2.05) is 36.4 Å². The van der Waals surface area contributed by atoms with Gasteiger partial charge in [-0.3, -0.25) is 0 Å². The van der Waals surface area contributed by atoms with Gasteiger partial charge in [0.1, 0.15) is 34.2 Å². The Bertz CT molecular complexity index is 1770. The van der Waals surface area contributed by atoms with Crippen molar-refractivity contribution in [3.8, 4) is 23.0 Å². The van der Waals surface area contributed by atoms with E-state index in [9.17, 15) is 0 Å². The summed E-state index contributed by atoms with van der Waals surface area (Å²) in [7, 11) is -2.80. The second kappa shape index (κ2) is 6.78. The van der Waals surface area contributed by atoms with Gasteiger partial charge in [0, 0.05) is 21.0 Å². The van der Waals surface area contributed by atoms with Crippen molar-refractivity contribution in [3.63, 3.8) is 0 Å². The second-order valence-electron chi connectivity index (χ2n) is 9.03. The summed E-state index contributed by atoms with van der Waals surface area (Å²) in [5.74, 6) is 3.27. The number of benzene rings is 5. The number of hydrogen-bond acceptors (Lipinski definition) is 3. The minimum Gasteiger partial charge on any atom is -0.457 e. The molecule has 0 amide bonds. The van der Waals surface area contributed by atoms with E-state index >= 15 is 0 Å². The molecule has 0 radical (unpaired) electrons. The highest BCUT2D eigenvalue weighted by atomic mass is 35.5. The molecule has 6 aromatic rings. The molecule has 0 spiro atoms. The van der Waals surface area contributed by atoms with Gasteiger partial charge in [0.2, 0.25) is 0 Å². The van der Waals surface area contributed by atoms with Crippen molar-refractivity contribution in [2.24, 2.45) is 0 Å². The van der Waals surface area contributed by atoms with Gasteiger partial charge in [-0.2, -0.15) is 0 Å². The Morgan fingerprint density at radius 2 is 1.14 bits per heavy atom. The molecule has 0 unspecified atom stereocenters. The van der Waals surface area contributed by atoms with Gasteiger partial charge in [0.15, 0.2) is 8.07 Å². The van der Waals surface area contributed by atoms with E-state index in [0.29, 0.717) is 5.02 Å². The number of halogens is 1. The van der Waals surface area contributed by atoms with Crippen molar-refractivity contribution in [1.82, 2.24) is 0 Å². The lowest BCUT2D eigenvalue weighted by Crippen LogP contribution is -2.77. The average molecular weight is 489 g/mol. The number of furan rings is 1. The maximum atomic E-state index is 6.55. The van der Waals surface area contributed by atoms with Crippen LogP contribution >= 0.6 is 11.6 Å². The maximum Gasteiger partial charge on any atom is 0.197 e. The molecule has 0 atom stereocenters. The summed E-state index contributed by atoms with van der Waals surface area (Å²) in [6.45, 7) is 0. The smallest absolute Gasteiger partial charge is 0.197 e. The molecular weight excluding hydrogens is 472 g/mol. The van der Waals surface area contributed by atoms with Gasteiger partial charge in [0.05, 0.1) is 0 Å². The molecule has 1 aromatic heterocycles. The van der Waals surface area contributed by atoms with Crippen LogP contribution < -0.4 is 30.2 Å². The maximum absolute atomic E-state index is 6.55. The lowest BCUT2D eigenvalue weighted by Gasteiger charge is -2.43. The zero-order chi connectivity index (χ0) is 23.1. The summed E-state index contributed by atoms with van der Waals surface area (Å²) in [5.41, 5.74) is 1.78. The Labute approximate surface area is 207 Å². The van der Waals surface area contributed by atoms with Crippen LogP contribution in [0.25, 0.3) is 21.9 Å². The van der Waals surface area contributed by atoms with Crippen LogP contribution in [-0.4, -0.2) is 8.07 Å². The van der Waals surface area contributed by atoms with Gasteiger partial charge < -0.3 is 13.9 Å². The van der Waals surface area contributed by atoms with Crippen molar-refractivity contribution in [2.75, 3.05) is 0 Å². The van der Waals surface area contributed by atoms with Gasteiger partial charge >= 0.3 is 0 Å². The molecule has 3 heterocycles. The molecule has 5 heteroatoms. The fraction of sp³-hybridized carbons (Fsp3) is 0. The molecule has 5 aromatic carbocycles. The number of rotatable bonds is 1. The summed E-state index contributed by atoms with van der Waals surface area (Å²) >= 11 is 6.55. The number of hydrogen-bond donors (Lipinski definition) is 0. The third kappa shape index (κ3) is 2.45. The van der Waals surface area contributed by atoms with Gasteiger partial charge in [-0.05, 0) is 52.0 Å². The van der Waals surface area contributed by atoms with Crippen LogP contribution in [0.1, 0.15) is 0 Å². The van der Waals surface area contributed by atoms with Crippen molar-refractivity contribution in [1.29, 1.82) is 0 Å². The van der Waals surface area contributed by atoms with E-state index in [1.165, 1.54) is 15.6 Å². The van der Waals surface area contributed by atoms with E-state index in [0.717, 1.165) is 50.1 Å². The summed E-state index contributed by atoms with van der Waals surface area (Å²) in [6, 6.07) is 35.5. The fourth-order valence-corrected chi connectivity index (χ4v) is 11.2. The highest BCUT2D eigenvalue weighted by Crippen LogP contribution is 2.40. The van der Waals surface area contributed by atoms with E-state index in [4.69, 9.17) is 25.5 Å². The molecule has 0 N–H and O–H groups in total. The quantitative estimate of drug-likeness (QED) is 0.272. The van der Waals surface area contributed by atoms with E-state index < -0.39 is 8.07 Å². The SMILES string of the molecule is Clc1cc2c3c(c1)Oc1ccccc1[Si]3(c1ccc3oc4ccccc4c3c1)c1ccccc1O2. The summed E-state index contributed by atoms with van der Waals surface area (Å²) in [6.07, 6.45) is 0. The first kappa shape index (κ1) is 19.3. The Morgan fingerprint density at radius 3 is 1.86 bits per heavy atom. The first-order valence-corrected chi connectivity index (χ1v) is 13.9. The predicted molar refractivity (Wildman–Crippen MR) is 142 cm³/mol. The Kier molecular flexibility index (Phi) is 3.75. The minimum absolute atomic E-state index is 0.594. The monoisotopic (exact) mass is 488 g/mol. The summed E-state index contributed by atoms with van der Waals surface area (Å²) in [4.78, 5) is 0. The fourth-order valence-electron chi connectivity index (χ4n) is 5.89. The first-order chi connectivity index (χ1) is 17.2. The van der Waals surface area contributed by atoms with Crippen LogP contribution in [0.5, 0.6) is 23.0 Å². The number of para-hydroxylation sites is 3. The van der Waals surface area contributed by atoms with Crippen LogP contribution in [0.15, 0.2) is 108 Å².